The number of carboxylic acids is 1. The van der Waals surface area contributed by atoms with Crippen molar-refractivity contribution in [2.75, 3.05) is 46.5 Å². The molecule has 1 aromatic rings. The van der Waals surface area contributed by atoms with Gasteiger partial charge in [-0.25, -0.2) is 9.78 Å². The first kappa shape index (κ1) is 24.5. The van der Waals surface area contributed by atoms with Crippen molar-refractivity contribution in [2.24, 2.45) is 5.92 Å². The number of hydrogen-bond acceptors (Lipinski definition) is 7. The number of carbonyl (C=O) groups excluding carboxylic acids is 1. The van der Waals surface area contributed by atoms with E-state index >= 15 is 0 Å². The summed E-state index contributed by atoms with van der Waals surface area (Å²) in [4.78, 5) is 29.8. The molecule has 3 rings (SSSR count). The lowest BCUT2D eigenvalue weighted by molar-refractivity contribution is -0.192. The van der Waals surface area contributed by atoms with Crippen LogP contribution in [0.5, 0.6) is 0 Å². The summed E-state index contributed by atoms with van der Waals surface area (Å²) in [5.74, 6) is -2.20. The molecule has 3 heterocycles. The fraction of sp³-hybridized carbons (Fsp3) is 0.722. The Bertz CT molecular complexity index is 715. The van der Waals surface area contributed by atoms with E-state index in [9.17, 15) is 18.0 Å². The summed E-state index contributed by atoms with van der Waals surface area (Å²) in [7, 11) is 1.56. The highest BCUT2D eigenvalue weighted by molar-refractivity contribution is 7.09. The Labute approximate surface area is 176 Å². The van der Waals surface area contributed by atoms with E-state index in [0.29, 0.717) is 12.5 Å². The average Bonchev–Trinajstić information content (AvgIpc) is 2.96. The smallest absolute Gasteiger partial charge is 0.475 e. The molecule has 0 aliphatic carbocycles. The van der Waals surface area contributed by atoms with E-state index in [1.807, 2.05) is 11.8 Å². The molecule has 0 spiro atoms. The fourth-order valence-electron chi connectivity index (χ4n) is 3.41. The molecular weight excluding hydrogens is 427 g/mol. The molecule has 12 heteroatoms. The van der Waals surface area contributed by atoms with Crippen molar-refractivity contribution in [2.45, 2.75) is 32.2 Å². The van der Waals surface area contributed by atoms with Crippen LogP contribution < -0.4 is 0 Å². The normalized spacial score (nSPS) is 22.5. The van der Waals surface area contributed by atoms with Gasteiger partial charge in [0.1, 0.15) is 6.61 Å². The third-order valence-electron chi connectivity index (χ3n) is 4.84. The molecule has 0 bridgehead atoms. The monoisotopic (exact) mass is 453 g/mol. The van der Waals surface area contributed by atoms with Gasteiger partial charge in [0.2, 0.25) is 5.91 Å². The molecule has 2 saturated heterocycles. The Kier molecular flexibility index (Phi) is 9.01. The van der Waals surface area contributed by atoms with E-state index < -0.39 is 12.1 Å². The zero-order valence-corrected chi connectivity index (χ0v) is 17.7. The molecule has 170 valence electrons. The third kappa shape index (κ3) is 7.49. The first-order valence-electron chi connectivity index (χ1n) is 9.42. The van der Waals surface area contributed by atoms with Gasteiger partial charge in [0, 0.05) is 51.1 Å². The number of likely N-dealkylation sites (tertiary alicyclic amines) is 1. The van der Waals surface area contributed by atoms with Crippen LogP contribution in [-0.4, -0.2) is 90.5 Å². The number of piperidine rings is 1. The third-order valence-corrected chi connectivity index (χ3v) is 5.67. The number of halogens is 3. The molecule has 0 aromatic carbocycles. The van der Waals surface area contributed by atoms with E-state index in [0.717, 1.165) is 49.9 Å². The lowest BCUT2D eigenvalue weighted by Gasteiger charge is -2.38. The van der Waals surface area contributed by atoms with Gasteiger partial charge in [0.05, 0.1) is 23.4 Å². The van der Waals surface area contributed by atoms with Crippen molar-refractivity contribution < 1.29 is 37.3 Å². The zero-order chi connectivity index (χ0) is 22.3. The van der Waals surface area contributed by atoms with Crippen LogP contribution in [0.25, 0.3) is 0 Å². The predicted octanol–water partition coefficient (Wildman–Crippen LogP) is 1.78. The van der Waals surface area contributed by atoms with Crippen LogP contribution in [0.3, 0.4) is 0 Å². The van der Waals surface area contributed by atoms with E-state index in [4.69, 9.17) is 19.4 Å². The minimum absolute atomic E-state index is 0.0635. The number of alkyl halides is 3. The Morgan fingerprint density at radius 3 is 2.63 bits per heavy atom. The van der Waals surface area contributed by atoms with Crippen LogP contribution in [0.4, 0.5) is 13.2 Å². The fourth-order valence-corrected chi connectivity index (χ4v) is 4.02. The maximum atomic E-state index is 12.0. The van der Waals surface area contributed by atoms with Crippen LogP contribution >= 0.6 is 11.3 Å². The Hall–Kier alpha value is -1.76. The standard InChI is InChI=1S/C16H25N3O3S.C2HF3O2/c1-12-17-14(11-23-12)8-18-5-6-22-15-9-19(16(20)10-21-2)4-3-13(15)7-18;3-2(4,5)1(6)7/h11,13,15H,3-10H2,1-2H3;(H,6,7)/t13-,15-;/m1./s1. The molecule has 8 nitrogen and oxygen atoms in total. The lowest BCUT2D eigenvalue weighted by atomic mass is 9.93. The average molecular weight is 453 g/mol. The highest BCUT2D eigenvalue weighted by Crippen LogP contribution is 2.25. The Balaban J connectivity index is 0.000000396. The summed E-state index contributed by atoms with van der Waals surface area (Å²) in [5, 5.41) is 10.4. The molecule has 2 fully saturated rings. The van der Waals surface area contributed by atoms with E-state index in [-0.39, 0.29) is 18.6 Å². The first-order chi connectivity index (χ1) is 14.1. The SMILES string of the molecule is COCC(=O)N1CC[C@@H]2CN(Cc3csc(C)n3)CCO[C@@H]2C1.O=C(O)C(F)(F)F. The molecule has 1 N–H and O–H groups in total. The topological polar surface area (TPSA) is 92.2 Å². The summed E-state index contributed by atoms with van der Waals surface area (Å²) >= 11 is 1.70. The number of aliphatic carboxylic acids is 1. The second-order valence-corrected chi connectivity index (χ2v) is 8.19. The molecule has 2 atom stereocenters. The van der Waals surface area contributed by atoms with Crippen molar-refractivity contribution in [3.63, 3.8) is 0 Å². The second kappa shape index (κ2) is 11.0. The summed E-state index contributed by atoms with van der Waals surface area (Å²) in [6, 6.07) is 0. The number of carbonyl (C=O) groups is 2. The second-order valence-electron chi connectivity index (χ2n) is 7.13. The van der Waals surface area contributed by atoms with Crippen LogP contribution in [0.15, 0.2) is 5.38 Å². The van der Waals surface area contributed by atoms with Crippen molar-refractivity contribution in [1.82, 2.24) is 14.8 Å². The van der Waals surface area contributed by atoms with Crippen LogP contribution in [0.2, 0.25) is 0 Å². The molecule has 30 heavy (non-hydrogen) atoms. The summed E-state index contributed by atoms with van der Waals surface area (Å²) in [6.07, 6.45) is -3.95. The number of aryl methyl sites for hydroxylation is 1. The van der Waals surface area contributed by atoms with Gasteiger partial charge in [0.15, 0.2) is 0 Å². The number of fused-ring (bicyclic) bond motifs is 1. The van der Waals surface area contributed by atoms with E-state index in [2.05, 4.69) is 15.3 Å². The Morgan fingerprint density at radius 1 is 1.37 bits per heavy atom. The molecule has 0 unspecified atom stereocenters. The number of ether oxygens (including phenoxy) is 2. The van der Waals surface area contributed by atoms with Crippen molar-refractivity contribution in [3.8, 4) is 0 Å². The van der Waals surface area contributed by atoms with Gasteiger partial charge in [-0.15, -0.1) is 11.3 Å². The maximum Gasteiger partial charge on any atom is 0.490 e. The lowest BCUT2D eigenvalue weighted by Crippen LogP contribution is -2.49. The molecule has 1 aromatic heterocycles. The number of amides is 1. The number of nitrogens with zero attached hydrogens (tertiary/aromatic N) is 3. The van der Waals surface area contributed by atoms with Gasteiger partial charge in [-0.05, 0) is 13.3 Å². The van der Waals surface area contributed by atoms with Gasteiger partial charge >= 0.3 is 12.1 Å². The summed E-state index contributed by atoms with van der Waals surface area (Å²) in [6.45, 7) is 7.25. The quantitative estimate of drug-likeness (QED) is 0.743. The Morgan fingerprint density at radius 2 is 2.07 bits per heavy atom. The van der Waals surface area contributed by atoms with Crippen molar-refractivity contribution in [1.29, 1.82) is 0 Å². The predicted molar refractivity (Wildman–Crippen MR) is 102 cm³/mol. The van der Waals surface area contributed by atoms with E-state index in [1.165, 1.54) is 0 Å². The maximum absolute atomic E-state index is 12.0. The highest BCUT2D eigenvalue weighted by atomic mass is 32.1. The molecule has 1 amide bonds. The number of aromatic nitrogens is 1. The molecule has 2 aliphatic rings. The molecule has 0 radical (unpaired) electrons. The van der Waals surface area contributed by atoms with Crippen LogP contribution in [-0.2, 0) is 25.6 Å². The largest absolute Gasteiger partial charge is 0.490 e. The zero-order valence-electron chi connectivity index (χ0n) is 16.9. The number of rotatable bonds is 4. The number of hydrogen-bond donors (Lipinski definition) is 1. The van der Waals surface area contributed by atoms with Gasteiger partial charge in [-0.3, -0.25) is 9.69 Å². The summed E-state index contributed by atoms with van der Waals surface area (Å²) < 4.78 is 42.7. The van der Waals surface area contributed by atoms with Crippen molar-refractivity contribution >= 4 is 23.2 Å². The minimum atomic E-state index is -5.08. The number of carboxylic acid groups (broad SMARTS) is 1. The highest BCUT2D eigenvalue weighted by Gasteiger charge is 2.38. The van der Waals surface area contributed by atoms with Gasteiger partial charge in [0.25, 0.3) is 0 Å². The van der Waals surface area contributed by atoms with Crippen LogP contribution in [0.1, 0.15) is 17.1 Å². The molecule has 0 saturated carbocycles. The van der Waals surface area contributed by atoms with Gasteiger partial charge in [-0.2, -0.15) is 13.2 Å². The van der Waals surface area contributed by atoms with Gasteiger partial charge < -0.3 is 19.5 Å². The molecule has 2 aliphatic heterocycles. The minimum Gasteiger partial charge on any atom is -0.475 e. The summed E-state index contributed by atoms with van der Waals surface area (Å²) in [5.41, 5.74) is 1.15. The van der Waals surface area contributed by atoms with Gasteiger partial charge in [-0.1, -0.05) is 0 Å². The number of methoxy groups -OCH3 is 1. The first-order valence-corrected chi connectivity index (χ1v) is 10.3. The van der Waals surface area contributed by atoms with Crippen molar-refractivity contribution in [3.05, 3.63) is 16.1 Å². The van der Waals surface area contributed by atoms with Crippen LogP contribution in [0, 0.1) is 12.8 Å². The van der Waals surface area contributed by atoms with E-state index in [1.54, 1.807) is 18.4 Å². The number of thiazole rings is 1. The molecular formula is C18H26F3N3O5S.